The van der Waals surface area contributed by atoms with Crippen molar-refractivity contribution in [2.24, 2.45) is 5.73 Å². The molecule has 1 aromatic rings. The lowest BCUT2D eigenvalue weighted by Gasteiger charge is -2.18. The lowest BCUT2D eigenvalue weighted by atomic mass is 10.2. The lowest BCUT2D eigenvalue weighted by molar-refractivity contribution is -0.123. The number of nitrogens with zero attached hydrogens (tertiary/aromatic N) is 2. The fraction of sp³-hybridized carbons (Fsp3) is 0.385. The molecular weight excluding hydrogens is 276 g/mol. The Morgan fingerprint density at radius 3 is 2.71 bits per heavy atom. The van der Waals surface area contributed by atoms with Crippen LogP contribution in [0.1, 0.15) is 23.2 Å². The van der Waals surface area contributed by atoms with Crippen LogP contribution in [0.25, 0.3) is 0 Å². The largest absolute Gasteiger partial charge is 0.452 e. The van der Waals surface area contributed by atoms with Crippen LogP contribution in [-0.2, 0) is 9.53 Å². The van der Waals surface area contributed by atoms with Crippen LogP contribution in [0.2, 0.25) is 0 Å². The summed E-state index contributed by atoms with van der Waals surface area (Å²) in [4.78, 5) is 39.9. The van der Waals surface area contributed by atoms with Crippen molar-refractivity contribution >= 4 is 23.7 Å². The van der Waals surface area contributed by atoms with Crippen molar-refractivity contribution in [3.8, 4) is 0 Å². The van der Waals surface area contributed by atoms with E-state index < -0.39 is 24.5 Å². The number of carbonyl (C=O) groups is 3. The van der Waals surface area contributed by atoms with E-state index in [2.05, 4.69) is 4.98 Å². The van der Waals surface area contributed by atoms with Gasteiger partial charge in [-0.25, -0.2) is 14.6 Å². The monoisotopic (exact) mass is 292 g/mol. The van der Waals surface area contributed by atoms with E-state index in [1.807, 2.05) is 10.2 Å². The minimum atomic E-state index is -0.991. The van der Waals surface area contributed by atoms with Crippen molar-refractivity contribution in [2.75, 3.05) is 24.6 Å². The number of imide groups is 1. The number of anilines is 1. The second-order valence-corrected chi connectivity index (χ2v) is 4.56. The smallest absolute Gasteiger partial charge is 0.342 e. The number of carbonyl (C=O) groups excluding carboxylic acids is 3. The van der Waals surface area contributed by atoms with E-state index in [0.717, 1.165) is 25.9 Å². The highest BCUT2D eigenvalue weighted by Crippen LogP contribution is 2.22. The average Bonchev–Trinajstić information content (AvgIpc) is 2.98. The van der Waals surface area contributed by atoms with Crippen LogP contribution in [0.4, 0.5) is 10.6 Å². The molecule has 0 radical (unpaired) electrons. The molecular formula is C13H16N4O4. The highest BCUT2D eigenvalue weighted by atomic mass is 16.5. The summed E-state index contributed by atoms with van der Waals surface area (Å²) in [7, 11) is 0. The minimum Gasteiger partial charge on any atom is -0.452 e. The van der Waals surface area contributed by atoms with Crippen LogP contribution >= 0.6 is 0 Å². The van der Waals surface area contributed by atoms with Crippen LogP contribution < -0.4 is 16.0 Å². The second kappa shape index (κ2) is 6.69. The topological polar surface area (TPSA) is 115 Å². The molecule has 8 nitrogen and oxygen atoms in total. The summed E-state index contributed by atoms with van der Waals surface area (Å²) in [6, 6.07) is 2.23. The Morgan fingerprint density at radius 2 is 2.05 bits per heavy atom. The number of pyridine rings is 1. The van der Waals surface area contributed by atoms with Gasteiger partial charge in [0.05, 0.1) is 0 Å². The Balaban J connectivity index is 2.02. The van der Waals surface area contributed by atoms with Gasteiger partial charge in [0.1, 0.15) is 11.4 Å². The molecule has 1 aliphatic heterocycles. The number of urea groups is 1. The highest BCUT2D eigenvalue weighted by molar-refractivity contribution is 5.98. The number of rotatable bonds is 4. The van der Waals surface area contributed by atoms with Crippen molar-refractivity contribution in [1.82, 2.24) is 10.3 Å². The van der Waals surface area contributed by atoms with Gasteiger partial charge in [-0.05, 0) is 25.0 Å². The molecule has 3 amide bonds. The van der Waals surface area contributed by atoms with Gasteiger partial charge < -0.3 is 15.4 Å². The first-order chi connectivity index (χ1) is 10.1. The first-order valence-corrected chi connectivity index (χ1v) is 6.54. The molecule has 112 valence electrons. The molecule has 1 fully saturated rings. The van der Waals surface area contributed by atoms with Gasteiger partial charge in [-0.3, -0.25) is 10.1 Å². The number of ether oxygens (including phenoxy) is 1. The lowest BCUT2D eigenvalue weighted by Crippen LogP contribution is -2.37. The molecule has 2 rings (SSSR count). The summed E-state index contributed by atoms with van der Waals surface area (Å²) in [5, 5.41) is 1.82. The molecule has 3 N–H and O–H groups in total. The van der Waals surface area contributed by atoms with Gasteiger partial charge in [0.25, 0.3) is 5.91 Å². The third-order valence-corrected chi connectivity index (χ3v) is 3.01. The third-order valence-electron chi connectivity index (χ3n) is 3.01. The summed E-state index contributed by atoms with van der Waals surface area (Å²) < 4.78 is 4.87. The van der Waals surface area contributed by atoms with Crippen LogP contribution in [-0.4, -0.2) is 42.6 Å². The summed E-state index contributed by atoms with van der Waals surface area (Å²) in [5.74, 6) is -0.887. The molecule has 0 saturated carbocycles. The summed E-state index contributed by atoms with van der Waals surface area (Å²) in [6.45, 7) is 1.09. The van der Waals surface area contributed by atoms with Gasteiger partial charge in [0.15, 0.2) is 6.61 Å². The van der Waals surface area contributed by atoms with E-state index in [-0.39, 0.29) is 0 Å². The number of nitrogens with one attached hydrogen (secondary N) is 1. The first-order valence-electron chi connectivity index (χ1n) is 6.54. The summed E-state index contributed by atoms with van der Waals surface area (Å²) in [5.41, 5.74) is 5.09. The van der Waals surface area contributed by atoms with E-state index >= 15 is 0 Å². The average molecular weight is 292 g/mol. The van der Waals surface area contributed by atoms with Gasteiger partial charge in [0.2, 0.25) is 0 Å². The molecule has 0 bridgehead atoms. The Morgan fingerprint density at radius 1 is 1.33 bits per heavy atom. The van der Waals surface area contributed by atoms with E-state index in [0.29, 0.717) is 11.4 Å². The number of esters is 1. The highest BCUT2D eigenvalue weighted by Gasteiger charge is 2.22. The number of hydrogen-bond acceptors (Lipinski definition) is 6. The molecule has 1 aromatic heterocycles. The minimum absolute atomic E-state index is 0.297. The number of nitrogens with two attached hydrogens (primary N) is 1. The number of primary amides is 1. The Hall–Kier alpha value is -2.64. The zero-order valence-corrected chi connectivity index (χ0v) is 11.4. The van der Waals surface area contributed by atoms with Crippen LogP contribution in [0, 0.1) is 0 Å². The predicted molar refractivity (Wildman–Crippen MR) is 73.7 cm³/mol. The van der Waals surface area contributed by atoms with Gasteiger partial charge in [-0.1, -0.05) is 0 Å². The Kier molecular flexibility index (Phi) is 4.70. The Labute approximate surface area is 121 Å². The van der Waals surface area contributed by atoms with Gasteiger partial charge in [-0.15, -0.1) is 0 Å². The summed E-state index contributed by atoms with van der Waals surface area (Å²) in [6.07, 6.45) is 3.70. The predicted octanol–water partition coefficient (Wildman–Crippen LogP) is 0.0335. The van der Waals surface area contributed by atoms with Crippen LogP contribution in [0.15, 0.2) is 18.3 Å². The SMILES string of the molecule is NC(=O)NC(=O)COC(=O)c1cccnc1N1CCCC1. The fourth-order valence-electron chi connectivity index (χ4n) is 2.12. The molecule has 0 unspecified atom stereocenters. The van der Waals surface area contributed by atoms with E-state index in [4.69, 9.17) is 10.5 Å². The van der Waals surface area contributed by atoms with Gasteiger partial charge >= 0.3 is 12.0 Å². The molecule has 0 atom stereocenters. The molecule has 0 aromatic carbocycles. The van der Waals surface area contributed by atoms with Gasteiger partial charge in [-0.2, -0.15) is 0 Å². The third kappa shape index (κ3) is 3.91. The molecule has 21 heavy (non-hydrogen) atoms. The maximum Gasteiger partial charge on any atom is 0.342 e. The number of amides is 3. The maximum absolute atomic E-state index is 12.0. The second-order valence-electron chi connectivity index (χ2n) is 4.56. The van der Waals surface area contributed by atoms with Crippen LogP contribution in [0.3, 0.4) is 0 Å². The fourth-order valence-corrected chi connectivity index (χ4v) is 2.12. The van der Waals surface area contributed by atoms with E-state index in [1.54, 1.807) is 18.3 Å². The Bertz CT molecular complexity index is 555. The van der Waals surface area contributed by atoms with E-state index in [1.165, 1.54) is 0 Å². The van der Waals surface area contributed by atoms with Crippen molar-refractivity contribution in [3.05, 3.63) is 23.9 Å². The molecule has 1 aliphatic rings. The summed E-state index contributed by atoms with van der Waals surface area (Å²) >= 11 is 0. The zero-order valence-electron chi connectivity index (χ0n) is 11.4. The normalized spacial score (nSPS) is 13.8. The standard InChI is InChI=1S/C13H16N4O4/c14-13(20)16-10(18)8-21-12(19)9-4-3-5-15-11(9)17-6-1-2-7-17/h3-5H,1-2,6-8H2,(H3,14,16,18,20). The van der Waals surface area contributed by atoms with E-state index in [9.17, 15) is 14.4 Å². The molecule has 8 heteroatoms. The number of aromatic nitrogens is 1. The first kappa shape index (κ1) is 14.8. The van der Waals surface area contributed by atoms with Crippen molar-refractivity contribution in [2.45, 2.75) is 12.8 Å². The maximum atomic E-state index is 12.0. The van der Waals surface area contributed by atoms with Crippen molar-refractivity contribution in [3.63, 3.8) is 0 Å². The molecule has 0 aliphatic carbocycles. The van der Waals surface area contributed by atoms with Crippen LogP contribution in [0.5, 0.6) is 0 Å². The quantitative estimate of drug-likeness (QED) is 0.757. The van der Waals surface area contributed by atoms with Gasteiger partial charge in [0, 0.05) is 19.3 Å². The zero-order chi connectivity index (χ0) is 15.2. The number of hydrogen-bond donors (Lipinski definition) is 2. The molecule has 2 heterocycles. The van der Waals surface area contributed by atoms with Crippen molar-refractivity contribution < 1.29 is 19.1 Å². The molecule has 1 saturated heterocycles. The molecule has 0 spiro atoms. The van der Waals surface area contributed by atoms with Crippen molar-refractivity contribution in [1.29, 1.82) is 0 Å².